The van der Waals surface area contributed by atoms with Gasteiger partial charge in [-0.25, -0.2) is 31.3 Å². The van der Waals surface area contributed by atoms with Gasteiger partial charge in [-0.05, 0) is 0 Å². The van der Waals surface area contributed by atoms with Crippen LogP contribution in [-0.4, -0.2) is 21.7 Å². The van der Waals surface area contributed by atoms with Gasteiger partial charge in [-0.15, -0.1) is 0 Å². The van der Waals surface area contributed by atoms with E-state index in [1.807, 2.05) is 0 Å². The third-order valence-electron chi connectivity index (χ3n) is 2.31. The van der Waals surface area contributed by atoms with Crippen molar-refractivity contribution in [3.05, 3.63) is 11.8 Å². The first kappa shape index (κ1) is 13.8. The highest BCUT2D eigenvalue weighted by Crippen LogP contribution is 2.32. The van der Waals surface area contributed by atoms with E-state index < -0.39 is 18.7 Å². The number of carbonyl (C=O) groups excluding carboxylic acids is 2. The molecule has 1 aromatic rings. The highest BCUT2D eigenvalue weighted by atomic mass is 16.3. The Morgan fingerprint density at radius 2 is 1.78 bits per heavy atom. The molecule has 18 heavy (non-hydrogen) atoms. The SMILES string of the molecule is Cn1cc(CO)c(N(N)C(N)=O)c1N(N)C(N)=O. The highest BCUT2D eigenvalue weighted by molar-refractivity contribution is 5.99. The number of urea groups is 2. The molecule has 0 aromatic carbocycles. The first-order valence-corrected chi connectivity index (χ1v) is 4.78. The molecule has 0 aliphatic heterocycles. The summed E-state index contributed by atoms with van der Waals surface area (Å²) in [5.74, 6) is 11.0. The van der Waals surface area contributed by atoms with Crippen LogP contribution in [0.2, 0.25) is 0 Å². The minimum Gasteiger partial charge on any atom is -0.392 e. The van der Waals surface area contributed by atoms with Crippen LogP contribution in [0.3, 0.4) is 0 Å². The number of carbonyl (C=O) groups is 2. The first-order valence-electron chi connectivity index (χ1n) is 4.78. The standard InChI is InChI=1S/C8H15N7O3/c1-13-2-4(3-16)5(14(11)7(9)17)6(13)15(12)8(10)18/h2,16H,3,11-12H2,1H3,(H2,9,17)(H2,10,18). The number of anilines is 2. The Balaban J connectivity index is 3.44. The Bertz CT molecular complexity index is 483. The van der Waals surface area contributed by atoms with Crippen molar-refractivity contribution in [2.45, 2.75) is 6.61 Å². The number of aliphatic hydroxyl groups is 1. The maximum atomic E-state index is 11.1. The van der Waals surface area contributed by atoms with E-state index in [2.05, 4.69) is 0 Å². The van der Waals surface area contributed by atoms with E-state index in [0.29, 0.717) is 10.0 Å². The van der Waals surface area contributed by atoms with Gasteiger partial charge < -0.3 is 21.1 Å². The minimum absolute atomic E-state index is 0.00815. The van der Waals surface area contributed by atoms with Crippen LogP contribution in [0.1, 0.15) is 5.56 Å². The van der Waals surface area contributed by atoms with Crippen molar-refractivity contribution >= 4 is 23.6 Å². The molecule has 100 valence electrons. The van der Waals surface area contributed by atoms with Gasteiger partial charge in [0, 0.05) is 18.8 Å². The summed E-state index contributed by atoms with van der Waals surface area (Å²) >= 11 is 0. The van der Waals surface area contributed by atoms with Crippen LogP contribution in [0.5, 0.6) is 0 Å². The van der Waals surface area contributed by atoms with Crippen LogP contribution in [0.25, 0.3) is 0 Å². The van der Waals surface area contributed by atoms with Crippen LogP contribution in [0.4, 0.5) is 21.1 Å². The van der Waals surface area contributed by atoms with E-state index in [-0.39, 0.29) is 17.1 Å². The number of hydrogen-bond acceptors (Lipinski definition) is 5. The zero-order valence-electron chi connectivity index (χ0n) is 9.70. The number of aliphatic hydroxyl groups excluding tert-OH is 1. The Labute approximate surface area is 102 Å². The molecule has 0 spiro atoms. The minimum atomic E-state index is -0.977. The Morgan fingerprint density at radius 1 is 1.28 bits per heavy atom. The molecular weight excluding hydrogens is 242 g/mol. The normalized spacial score (nSPS) is 10.2. The summed E-state index contributed by atoms with van der Waals surface area (Å²) in [6.45, 7) is -0.420. The third kappa shape index (κ3) is 2.20. The number of nitrogens with two attached hydrogens (primary N) is 4. The maximum absolute atomic E-state index is 11.1. The average Bonchev–Trinajstić information content (AvgIpc) is 2.63. The fourth-order valence-electron chi connectivity index (χ4n) is 1.54. The van der Waals surface area contributed by atoms with Gasteiger partial charge in [0.2, 0.25) is 0 Å². The molecule has 0 bridgehead atoms. The predicted octanol–water partition coefficient (Wildman–Crippen LogP) is -1.96. The fraction of sp³-hybridized carbons (Fsp3) is 0.250. The molecule has 0 unspecified atom stereocenters. The van der Waals surface area contributed by atoms with E-state index in [0.717, 1.165) is 0 Å². The summed E-state index contributed by atoms with van der Waals surface area (Å²) < 4.78 is 1.38. The summed E-state index contributed by atoms with van der Waals surface area (Å²) in [5.41, 5.74) is 10.4. The maximum Gasteiger partial charge on any atom is 0.335 e. The van der Waals surface area contributed by atoms with Crippen LogP contribution >= 0.6 is 0 Å². The molecule has 0 saturated heterocycles. The lowest BCUT2D eigenvalue weighted by atomic mass is 10.3. The van der Waals surface area contributed by atoms with Gasteiger partial charge in [-0.3, -0.25) is 0 Å². The Kier molecular flexibility index (Phi) is 3.76. The lowest BCUT2D eigenvalue weighted by molar-refractivity contribution is 0.252. The molecular formula is C8H15N7O3. The summed E-state index contributed by atoms with van der Waals surface area (Å²) in [7, 11) is 1.54. The number of amides is 4. The Morgan fingerprint density at radius 3 is 2.17 bits per heavy atom. The summed E-state index contributed by atoms with van der Waals surface area (Å²) in [4.78, 5) is 22.1. The van der Waals surface area contributed by atoms with E-state index in [1.54, 1.807) is 0 Å². The molecule has 4 amide bonds. The number of aromatic nitrogens is 1. The molecule has 9 N–H and O–H groups in total. The largest absolute Gasteiger partial charge is 0.392 e. The third-order valence-corrected chi connectivity index (χ3v) is 2.31. The van der Waals surface area contributed by atoms with Crippen molar-refractivity contribution in [3.8, 4) is 0 Å². The number of aryl methyl sites for hydroxylation is 1. The zero-order chi connectivity index (χ0) is 14.0. The topological polar surface area (TPSA) is 170 Å². The van der Waals surface area contributed by atoms with Gasteiger partial charge in [-0.1, -0.05) is 0 Å². The van der Waals surface area contributed by atoms with Crippen LogP contribution in [-0.2, 0) is 13.7 Å². The average molecular weight is 257 g/mol. The molecule has 1 heterocycles. The van der Waals surface area contributed by atoms with Gasteiger partial charge in [0.25, 0.3) is 0 Å². The second-order valence-corrected chi connectivity index (χ2v) is 3.51. The fourth-order valence-corrected chi connectivity index (χ4v) is 1.54. The molecule has 0 saturated carbocycles. The molecule has 1 rings (SSSR count). The molecule has 0 fully saturated rings. The second kappa shape index (κ2) is 4.91. The quantitative estimate of drug-likeness (QED) is 0.240. The van der Waals surface area contributed by atoms with Crippen LogP contribution in [0, 0.1) is 0 Å². The molecule has 10 heteroatoms. The smallest absolute Gasteiger partial charge is 0.335 e. The number of nitrogens with zero attached hydrogens (tertiary/aromatic N) is 3. The van der Waals surface area contributed by atoms with Gasteiger partial charge in [0.1, 0.15) is 5.69 Å². The number of hydrazine groups is 2. The van der Waals surface area contributed by atoms with Crippen LogP contribution in [0.15, 0.2) is 6.20 Å². The van der Waals surface area contributed by atoms with Gasteiger partial charge in [-0.2, -0.15) is 0 Å². The first-order chi connectivity index (χ1) is 8.31. The van der Waals surface area contributed by atoms with E-state index >= 15 is 0 Å². The molecule has 0 aliphatic rings. The lowest BCUT2D eigenvalue weighted by Crippen LogP contribution is -2.46. The van der Waals surface area contributed by atoms with E-state index in [4.69, 9.17) is 23.2 Å². The predicted molar refractivity (Wildman–Crippen MR) is 63.8 cm³/mol. The highest BCUT2D eigenvalue weighted by Gasteiger charge is 2.25. The number of hydrogen-bond donors (Lipinski definition) is 5. The Hall–Kier alpha value is -2.30. The summed E-state index contributed by atoms with van der Waals surface area (Å²) in [5, 5.41) is 10.4. The number of rotatable bonds is 3. The van der Waals surface area contributed by atoms with Crippen molar-refractivity contribution in [1.82, 2.24) is 4.57 Å². The molecule has 10 nitrogen and oxygen atoms in total. The van der Waals surface area contributed by atoms with Gasteiger partial charge >= 0.3 is 12.1 Å². The van der Waals surface area contributed by atoms with Gasteiger partial charge in [0.15, 0.2) is 5.82 Å². The second-order valence-electron chi connectivity index (χ2n) is 3.51. The van der Waals surface area contributed by atoms with Crippen molar-refractivity contribution in [2.24, 2.45) is 30.2 Å². The molecule has 0 atom stereocenters. The molecule has 0 aliphatic carbocycles. The van der Waals surface area contributed by atoms with Crippen LogP contribution < -0.4 is 33.2 Å². The monoisotopic (exact) mass is 257 g/mol. The van der Waals surface area contributed by atoms with Crippen molar-refractivity contribution in [3.63, 3.8) is 0 Å². The summed E-state index contributed by atoms with van der Waals surface area (Å²) in [6.07, 6.45) is 1.44. The van der Waals surface area contributed by atoms with E-state index in [9.17, 15) is 14.7 Å². The van der Waals surface area contributed by atoms with Crippen molar-refractivity contribution in [2.75, 3.05) is 10.0 Å². The summed E-state index contributed by atoms with van der Waals surface area (Å²) in [6, 6.07) is -1.94. The molecule has 1 aromatic heterocycles. The van der Waals surface area contributed by atoms with Crippen molar-refractivity contribution < 1.29 is 14.7 Å². The number of primary amides is 2. The van der Waals surface area contributed by atoms with E-state index in [1.165, 1.54) is 17.8 Å². The molecule has 0 radical (unpaired) electrons. The van der Waals surface area contributed by atoms with Gasteiger partial charge in [0.05, 0.1) is 6.61 Å². The zero-order valence-corrected chi connectivity index (χ0v) is 9.70. The van der Waals surface area contributed by atoms with Crippen molar-refractivity contribution in [1.29, 1.82) is 0 Å². The lowest BCUT2D eigenvalue weighted by Gasteiger charge is -2.21.